The van der Waals surface area contributed by atoms with Crippen molar-refractivity contribution in [1.29, 1.82) is 0 Å². The van der Waals surface area contributed by atoms with E-state index in [1.54, 1.807) is 35.6 Å². The first-order valence-electron chi connectivity index (χ1n) is 8.26. The third-order valence-electron chi connectivity index (χ3n) is 4.31. The van der Waals surface area contributed by atoms with Gasteiger partial charge in [0.05, 0.1) is 17.2 Å². The zero-order valence-corrected chi connectivity index (χ0v) is 15.6. The molecule has 25 heavy (non-hydrogen) atoms. The normalized spacial score (nSPS) is 15.2. The first-order valence-corrected chi connectivity index (χ1v) is 9.52. The molecule has 1 aromatic heterocycles. The number of carbonyl (C=O) groups is 2. The third kappa shape index (κ3) is 4.58. The quantitative estimate of drug-likeness (QED) is 0.887. The summed E-state index contributed by atoms with van der Waals surface area (Å²) in [7, 11) is 0. The van der Waals surface area contributed by atoms with E-state index in [1.807, 2.05) is 10.3 Å². The molecule has 7 heteroatoms. The number of amides is 2. The van der Waals surface area contributed by atoms with Crippen molar-refractivity contribution in [2.45, 2.75) is 32.2 Å². The van der Waals surface area contributed by atoms with E-state index >= 15 is 0 Å². The number of nitrogens with one attached hydrogen (secondary N) is 1. The molecule has 3 rings (SSSR count). The van der Waals surface area contributed by atoms with Crippen LogP contribution < -0.4 is 5.32 Å². The molecule has 1 aliphatic rings. The number of benzene rings is 1. The number of hydrogen-bond donors (Lipinski definition) is 1. The van der Waals surface area contributed by atoms with Crippen LogP contribution in [0, 0.1) is 0 Å². The summed E-state index contributed by atoms with van der Waals surface area (Å²) in [6.45, 7) is 3.43. The molecule has 2 heterocycles. The Kier molecular flexibility index (Phi) is 5.71. The van der Waals surface area contributed by atoms with Crippen molar-refractivity contribution in [3.8, 4) is 0 Å². The number of likely N-dealkylation sites (tertiary alicyclic amines) is 1. The van der Waals surface area contributed by atoms with Crippen LogP contribution in [0.4, 0.5) is 0 Å². The number of nitrogens with zero attached hydrogens (tertiary/aromatic N) is 2. The lowest BCUT2D eigenvalue weighted by atomic mass is 9.97. The van der Waals surface area contributed by atoms with Gasteiger partial charge in [0.15, 0.2) is 0 Å². The Morgan fingerprint density at radius 2 is 1.96 bits per heavy atom. The second-order valence-electron chi connectivity index (χ2n) is 6.16. The second-order valence-corrected chi connectivity index (χ2v) is 7.49. The monoisotopic (exact) mass is 377 g/mol. The van der Waals surface area contributed by atoms with Crippen LogP contribution in [0.15, 0.2) is 29.6 Å². The number of hydrogen-bond acceptors (Lipinski definition) is 4. The molecule has 0 radical (unpaired) electrons. The van der Waals surface area contributed by atoms with Gasteiger partial charge in [0.2, 0.25) is 5.91 Å². The highest BCUT2D eigenvalue weighted by Gasteiger charge is 2.26. The van der Waals surface area contributed by atoms with Crippen molar-refractivity contribution in [2.75, 3.05) is 13.1 Å². The molecular weight excluding hydrogens is 358 g/mol. The maximum Gasteiger partial charge on any atom is 0.253 e. The predicted molar refractivity (Wildman–Crippen MR) is 99.0 cm³/mol. The second kappa shape index (κ2) is 7.97. The fourth-order valence-corrected chi connectivity index (χ4v) is 4.03. The Hall–Kier alpha value is -1.92. The van der Waals surface area contributed by atoms with Gasteiger partial charge in [0, 0.05) is 41.9 Å². The fourth-order valence-electron chi connectivity index (χ4n) is 2.91. The largest absolute Gasteiger partial charge is 0.351 e. The Balaban J connectivity index is 1.55. The van der Waals surface area contributed by atoms with Gasteiger partial charge in [-0.2, -0.15) is 0 Å². The Morgan fingerprint density at radius 3 is 2.60 bits per heavy atom. The average Bonchev–Trinajstić information content (AvgIpc) is 3.09. The lowest BCUT2D eigenvalue weighted by Gasteiger charge is -2.31. The molecule has 0 saturated carbocycles. The average molecular weight is 378 g/mol. The van der Waals surface area contributed by atoms with Crippen LogP contribution >= 0.6 is 22.9 Å². The summed E-state index contributed by atoms with van der Waals surface area (Å²) in [5.74, 6) is 0.384. The lowest BCUT2D eigenvalue weighted by molar-refractivity contribution is -0.119. The zero-order valence-electron chi connectivity index (χ0n) is 14.0. The van der Waals surface area contributed by atoms with Crippen molar-refractivity contribution in [1.82, 2.24) is 15.2 Å². The molecule has 0 unspecified atom stereocenters. The summed E-state index contributed by atoms with van der Waals surface area (Å²) in [5, 5.41) is 6.49. The van der Waals surface area contributed by atoms with Gasteiger partial charge < -0.3 is 10.2 Å². The van der Waals surface area contributed by atoms with Crippen molar-refractivity contribution in [3.05, 3.63) is 50.9 Å². The van der Waals surface area contributed by atoms with Crippen LogP contribution in [-0.2, 0) is 11.3 Å². The van der Waals surface area contributed by atoms with Crippen molar-refractivity contribution >= 4 is 34.8 Å². The predicted octanol–water partition coefficient (Wildman–Crippen LogP) is 3.45. The van der Waals surface area contributed by atoms with Gasteiger partial charge >= 0.3 is 0 Å². The number of rotatable bonds is 4. The molecule has 1 fully saturated rings. The topological polar surface area (TPSA) is 62.3 Å². The molecule has 2 amide bonds. The summed E-state index contributed by atoms with van der Waals surface area (Å²) in [4.78, 5) is 30.0. The van der Waals surface area contributed by atoms with E-state index in [9.17, 15) is 9.59 Å². The summed E-state index contributed by atoms with van der Waals surface area (Å²) in [6.07, 6.45) is 1.82. The van der Waals surface area contributed by atoms with Crippen LogP contribution in [0.2, 0.25) is 5.02 Å². The first-order chi connectivity index (χ1) is 12.0. The highest BCUT2D eigenvalue weighted by atomic mass is 35.5. The molecule has 0 aliphatic carbocycles. The molecule has 1 aromatic carbocycles. The van der Waals surface area contributed by atoms with Crippen molar-refractivity contribution < 1.29 is 9.59 Å². The summed E-state index contributed by atoms with van der Waals surface area (Å²) < 4.78 is 0. The van der Waals surface area contributed by atoms with E-state index in [0.29, 0.717) is 23.0 Å². The van der Waals surface area contributed by atoms with E-state index in [-0.39, 0.29) is 11.8 Å². The molecular formula is C18H20ClN3O2S. The smallest absolute Gasteiger partial charge is 0.253 e. The van der Waals surface area contributed by atoms with Gasteiger partial charge in [0.1, 0.15) is 0 Å². The maximum atomic E-state index is 12.5. The fraction of sp³-hybridized carbons (Fsp3) is 0.389. The van der Waals surface area contributed by atoms with Gasteiger partial charge in [-0.3, -0.25) is 9.59 Å². The first kappa shape index (κ1) is 17.9. The van der Waals surface area contributed by atoms with Gasteiger partial charge in [0.25, 0.3) is 5.91 Å². The molecule has 0 spiro atoms. The van der Waals surface area contributed by atoms with E-state index in [4.69, 9.17) is 11.6 Å². The van der Waals surface area contributed by atoms with Crippen LogP contribution in [0.3, 0.4) is 0 Å². The Bertz CT molecular complexity index is 752. The molecule has 0 bridgehead atoms. The molecule has 1 aliphatic heterocycles. The highest BCUT2D eigenvalue weighted by molar-refractivity contribution is 7.09. The molecule has 2 aromatic rings. The third-order valence-corrected chi connectivity index (χ3v) is 5.62. The summed E-state index contributed by atoms with van der Waals surface area (Å²) in [5.41, 5.74) is 1.57. The lowest BCUT2D eigenvalue weighted by Crippen LogP contribution is -2.37. The number of thiazole rings is 1. The molecule has 132 valence electrons. The van der Waals surface area contributed by atoms with Gasteiger partial charge in [-0.05, 0) is 37.1 Å². The van der Waals surface area contributed by atoms with Gasteiger partial charge in [-0.25, -0.2) is 4.98 Å². The van der Waals surface area contributed by atoms with E-state index in [1.165, 1.54) is 6.92 Å². The van der Waals surface area contributed by atoms with Crippen LogP contribution in [-0.4, -0.2) is 34.8 Å². The SMILES string of the molecule is CC(=O)NCc1csc(C2CCN(C(=O)c3ccc(Cl)cc3)CC2)n1. The minimum atomic E-state index is -0.0522. The summed E-state index contributed by atoms with van der Waals surface area (Å²) in [6, 6.07) is 7.03. The number of carbonyl (C=O) groups excluding carboxylic acids is 2. The molecule has 0 atom stereocenters. The van der Waals surface area contributed by atoms with Crippen molar-refractivity contribution in [3.63, 3.8) is 0 Å². The van der Waals surface area contributed by atoms with Gasteiger partial charge in [-0.15, -0.1) is 11.3 Å². The van der Waals surface area contributed by atoms with E-state index < -0.39 is 0 Å². The summed E-state index contributed by atoms with van der Waals surface area (Å²) >= 11 is 7.51. The Labute approximate surface area is 156 Å². The molecule has 1 N–H and O–H groups in total. The van der Waals surface area contributed by atoms with Crippen LogP contribution in [0.1, 0.15) is 46.7 Å². The number of piperidine rings is 1. The van der Waals surface area contributed by atoms with Crippen LogP contribution in [0.25, 0.3) is 0 Å². The maximum absolute atomic E-state index is 12.5. The minimum absolute atomic E-state index is 0.0522. The molecule has 1 saturated heterocycles. The van der Waals surface area contributed by atoms with E-state index in [0.717, 1.165) is 36.6 Å². The highest BCUT2D eigenvalue weighted by Crippen LogP contribution is 2.31. The van der Waals surface area contributed by atoms with Crippen molar-refractivity contribution in [2.24, 2.45) is 0 Å². The molecule has 5 nitrogen and oxygen atoms in total. The van der Waals surface area contributed by atoms with Gasteiger partial charge in [-0.1, -0.05) is 11.6 Å². The Morgan fingerprint density at radius 1 is 1.28 bits per heavy atom. The van der Waals surface area contributed by atoms with Crippen LogP contribution in [0.5, 0.6) is 0 Å². The zero-order chi connectivity index (χ0) is 17.8. The minimum Gasteiger partial charge on any atom is -0.351 e. The number of aromatic nitrogens is 1. The van der Waals surface area contributed by atoms with E-state index in [2.05, 4.69) is 10.3 Å². The standard InChI is InChI=1S/C18H20ClN3O2S/c1-12(23)20-10-16-11-25-17(21-16)13-6-8-22(9-7-13)18(24)14-2-4-15(19)5-3-14/h2-5,11,13H,6-10H2,1H3,(H,20,23). The number of halogens is 1.